The van der Waals surface area contributed by atoms with Crippen molar-refractivity contribution in [1.29, 1.82) is 0 Å². The fourth-order valence-corrected chi connectivity index (χ4v) is 0.835. The Morgan fingerprint density at radius 2 is 1.23 bits per heavy atom. The quantitative estimate of drug-likeness (QED) is 0.394. The van der Waals surface area contributed by atoms with Crippen LogP contribution in [0.25, 0.3) is 0 Å². The summed E-state index contributed by atoms with van der Waals surface area (Å²) in [5.41, 5.74) is 0. The molecule has 0 radical (unpaired) electrons. The van der Waals surface area contributed by atoms with E-state index < -0.39 is 0 Å². The first kappa shape index (κ1) is 12.8. The van der Waals surface area contributed by atoms with Gasteiger partial charge in [0.1, 0.15) is 0 Å². The van der Waals surface area contributed by atoms with Crippen molar-refractivity contribution in [3.63, 3.8) is 0 Å². The fourth-order valence-electron chi connectivity index (χ4n) is 0.835. The first-order valence-corrected chi connectivity index (χ1v) is 4.62. The van der Waals surface area contributed by atoms with Gasteiger partial charge < -0.3 is 25.6 Å². The molecule has 1 fully saturated rings. The zero-order valence-electron chi connectivity index (χ0n) is 7.96. The summed E-state index contributed by atoms with van der Waals surface area (Å²) in [6.45, 7) is 5.25. The summed E-state index contributed by atoms with van der Waals surface area (Å²) >= 11 is 0. The highest BCUT2D eigenvalue weighted by molar-refractivity contribution is 4.59. The Bertz CT molecular complexity index is 73.9. The minimum Gasteiger partial charge on any atom is -0.394 e. The fraction of sp³-hybridized carbons (Fsp3) is 1.00. The highest BCUT2D eigenvalue weighted by atomic mass is 16.5. The minimum absolute atomic E-state index is 0.0278. The molecule has 13 heavy (non-hydrogen) atoms. The van der Waals surface area contributed by atoms with Crippen molar-refractivity contribution >= 4 is 0 Å². The first-order chi connectivity index (χ1) is 6.41. The van der Waals surface area contributed by atoms with Crippen LogP contribution in [0.4, 0.5) is 0 Å². The normalized spacial score (nSPS) is 16.2. The predicted octanol–water partition coefficient (Wildman–Crippen LogP) is -1.83. The van der Waals surface area contributed by atoms with Crippen LogP contribution >= 0.6 is 0 Å². The smallest absolute Gasteiger partial charge is 0.0698 e. The lowest BCUT2D eigenvalue weighted by atomic mass is 10.4. The molecule has 0 atom stereocenters. The van der Waals surface area contributed by atoms with Crippen LogP contribution in [0.3, 0.4) is 0 Å². The number of hydrogen-bond acceptors (Lipinski definition) is 5. The number of hydrogen-bond donors (Lipinski definition) is 4. The molecule has 0 saturated carbocycles. The van der Waals surface area contributed by atoms with Gasteiger partial charge in [0.05, 0.1) is 26.4 Å². The van der Waals surface area contributed by atoms with Crippen molar-refractivity contribution in [2.75, 3.05) is 52.6 Å². The summed E-state index contributed by atoms with van der Waals surface area (Å²) < 4.78 is 4.63. The molecule has 0 aliphatic carbocycles. The number of ether oxygens (including phenoxy) is 1. The zero-order chi connectivity index (χ0) is 9.78. The third kappa shape index (κ3) is 11.8. The third-order valence-corrected chi connectivity index (χ3v) is 1.43. The van der Waals surface area contributed by atoms with Crippen LogP contribution in [0, 0.1) is 0 Å². The maximum Gasteiger partial charge on any atom is 0.0698 e. The maximum absolute atomic E-state index is 8.09. The zero-order valence-corrected chi connectivity index (χ0v) is 7.96. The van der Waals surface area contributed by atoms with Crippen molar-refractivity contribution in [2.45, 2.75) is 0 Å². The SMILES string of the molecule is C1CNCCN1.OCCOCCO. The van der Waals surface area contributed by atoms with Gasteiger partial charge in [-0.05, 0) is 0 Å². The molecule has 4 N–H and O–H groups in total. The standard InChI is InChI=1S/C4H10N2.C4H10O3/c1-2-6-4-3-5-1;5-1-3-7-4-2-6/h5-6H,1-4H2;5-6H,1-4H2. The van der Waals surface area contributed by atoms with E-state index in [1.165, 1.54) is 0 Å². The number of piperazine rings is 1. The summed E-state index contributed by atoms with van der Waals surface area (Å²) in [6.07, 6.45) is 0. The molecule has 0 aromatic heterocycles. The van der Waals surface area contributed by atoms with Gasteiger partial charge in [0.25, 0.3) is 0 Å². The van der Waals surface area contributed by atoms with Gasteiger partial charge in [0.2, 0.25) is 0 Å². The van der Waals surface area contributed by atoms with Gasteiger partial charge in [-0.25, -0.2) is 0 Å². The number of aliphatic hydroxyl groups is 2. The number of aliphatic hydroxyl groups excluding tert-OH is 2. The van der Waals surface area contributed by atoms with Crippen LogP contribution in [-0.4, -0.2) is 62.8 Å². The van der Waals surface area contributed by atoms with E-state index in [2.05, 4.69) is 15.4 Å². The van der Waals surface area contributed by atoms with Gasteiger partial charge in [-0.1, -0.05) is 0 Å². The van der Waals surface area contributed by atoms with Gasteiger partial charge in [-0.2, -0.15) is 0 Å². The van der Waals surface area contributed by atoms with E-state index in [0.29, 0.717) is 13.2 Å². The van der Waals surface area contributed by atoms with Gasteiger partial charge >= 0.3 is 0 Å². The van der Waals surface area contributed by atoms with Gasteiger partial charge in [-0.15, -0.1) is 0 Å². The molecule has 0 aromatic carbocycles. The highest BCUT2D eigenvalue weighted by Crippen LogP contribution is 1.68. The molecule has 5 heteroatoms. The number of rotatable bonds is 4. The van der Waals surface area contributed by atoms with Crippen molar-refractivity contribution in [3.05, 3.63) is 0 Å². The molecule has 0 unspecified atom stereocenters. The Kier molecular flexibility index (Phi) is 11.6. The van der Waals surface area contributed by atoms with Crippen LogP contribution < -0.4 is 10.6 Å². The molecule has 1 aliphatic rings. The van der Waals surface area contributed by atoms with Crippen LogP contribution in [0.1, 0.15) is 0 Å². The van der Waals surface area contributed by atoms with E-state index in [1.54, 1.807) is 0 Å². The molecule has 1 saturated heterocycles. The molecule has 1 heterocycles. The summed E-state index contributed by atoms with van der Waals surface area (Å²) in [7, 11) is 0. The van der Waals surface area contributed by atoms with E-state index in [-0.39, 0.29) is 13.2 Å². The van der Waals surface area contributed by atoms with E-state index in [4.69, 9.17) is 10.2 Å². The molecular weight excluding hydrogens is 172 g/mol. The van der Waals surface area contributed by atoms with E-state index in [0.717, 1.165) is 26.2 Å². The lowest BCUT2D eigenvalue weighted by Gasteiger charge is -2.11. The third-order valence-electron chi connectivity index (χ3n) is 1.43. The van der Waals surface area contributed by atoms with E-state index >= 15 is 0 Å². The van der Waals surface area contributed by atoms with E-state index in [9.17, 15) is 0 Å². The topological polar surface area (TPSA) is 73.8 Å². The summed E-state index contributed by atoms with van der Waals surface area (Å²) in [5, 5.41) is 22.6. The summed E-state index contributed by atoms with van der Waals surface area (Å²) in [4.78, 5) is 0. The molecular formula is C8H20N2O3. The first-order valence-electron chi connectivity index (χ1n) is 4.62. The number of nitrogens with one attached hydrogen (secondary N) is 2. The van der Waals surface area contributed by atoms with Gasteiger partial charge in [0.15, 0.2) is 0 Å². The van der Waals surface area contributed by atoms with Crippen molar-refractivity contribution in [1.82, 2.24) is 10.6 Å². The highest BCUT2D eigenvalue weighted by Gasteiger charge is 1.91. The van der Waals surface area contributed by atoms with Crippen molar-refractivity contribution in [3.8, 4) is 0 Å². The van der Waals surface area contributed by atoms with Crippen LogP contribution in [0.5, 0.6) is 0 Å². The largest absolute Gasteiger partial charge is 0.394 e. The Labute approximate surface area is 79.1 Å². The average Bonchev–Trinajstić information content (AvgIpc) is 2.22. The van der Waals surface area contributed by atoms with Crippen LogP contribution in [0.15, 0.2) is 0 Å². The Hall–Kier alpha value is -0.200. The Morgan fingerprint density at radius 1 is 0.846 bits per heavy atom. The van der Waals surface area contributed by atoms with Gasteiger partial charge in [0, 0.05) is 26.2 Å². The second-order valence-corrected chi connectivity index (χ2v) is 2.56. The molecule has 1 aliphatic heterocycles. The Morgan fingerprint density at radius 3 is 1.46 bits per heavy atom. The lowest BCUT2D eigenvalue weighted by molar-refractivity contribution is 0.0650. The van der Waals surface area contributed by atoms with Crippen LogP contribution in [-0.2, 0) is 4.74 Å². The molecule has 0 aromatic rings. The molecule has 80 valence electrons. The maximum atomic E-state index is 8.09. The Balaban J connectivity index is 0.000000223. The van der Waals surface area contributed by atoms with Gasteiger partial charge in [-0.3, -0.25) is 0 Å². The second-order valence-electron chi connectivity index (χ2n) is 2.56. The van der Waals surface area contributed by atoms with E-state index in [1.807, 2.05) is 0 Å². The molecule has 0 bridgehead atoms. The monoisotopic (exact) mass is 192 g/mol. The predicted molar refractivity (Wildman–Crippen MR) is 50.7 cm³/mol. The minimum atomic E-state index is 0.0278. The van der Waals surface area contributed by atoms with Crippen molar-refractivity contribution in [2.24, 2.45) is 0 Å². The summed E-state index contributed by atoms with van der Waals surface area (Å²) in [5.74, 6) is 0. The second kappa shape index (κ2) is 11.8. The molecule has 1 rings (SSSR count). The lowest BCUT2D eigenvalue weighted by Crippen LogP contribution is -2.39. The molecule has 0 spiro atoms. The van der Waals surface area contributed by atoms with Crippen LogP contribution in [0.2, 0.25) is 0 Å². The molecule has 0 amide bonds. The summed E-state index contributed by atoms with van der Waals surface area (Å²) in [6, 6.07) is 0. The average molecular weight is 192 g/mol. The molecule has 5 nitrogen and oxygen atoms in total. The van der Waals surface area contributed by atoms with Crippen molar-refractivity contribution < 1.29 is 14.9 Å².